The molecule has 20 heavy (non-hydrogen) atoms. The van der Waals surface area contributed by atoms with Crippen molar-refractivity contribution in [3.63, 3.8) is 0 Å². The Morgan fingerprint density at radius 2 is 2.00 bits per heavy atom. The van der Waals surface area contributed by atoms with Gasteiger partial charge in [0, 0.05) is 38.6 Å². The third-order valence-electron chi connectivity index (χ3n) is 2.99. The molecule has 0 saturated heterocycles. The highest BCUT2D eigenvalue weighted by Gasteiger charge is 2.01. The maximum absolute atomic E-state index is 8.77. The highest BCUT2D eigenvalue weighted by molar-refractivity contribution is 5.54. The van der Waals surface area contributed by atoms with Crippen LogP contribution in [0.15, 0.2) is 30.5 Å². The van der Waals surface area contributed by atoms with Crippen LogP contribution in [0.4, 0.5) is 11.4 Å². The van der Waals surface area contributed by atoms with Gasteiger partial charge in [-0.25, -0.2) is 0 Å². The second-order valence-electron chi connectivity index (χ2n) is 4.84. The van der Waals surface area contributed by atoms with E-state index in [0.717, 1.165) is 11.4 Å². The van der Waals surface area contributed by atoms with Crippen molar-refractivity contribution < 1.29 is 5.11 Å². The van der Waals surface area contributed by atoms with Gasteiger partial charge in [0.15, 0.2) is 0 Å². The summed E-state index contributed by atoms with van der Waals surface area (Å²) in [6.07, 6.45) is 2.60. The molecular formula is C14H21N5O. The highest BCUT2D eigenvalue weighted by Crippen LogP contribution is 2.16. The molecule has 1 aromatic heterocycles. The molecule has 0 spiro atoms. The number of nitrogens with zero attached hydrogens (tertiary/aromatic N) is 4. The van der Waals surface area contributed by atoms with Gasteiger partial charge in [0.05, 0.1) is 12.7 Å². The van der Waals surface area contributed by atoms with Gasteiger partial charge in [-0.2, -0.15) is 0 Å². The van der Waals surface area contributed by atoms with Gasteiger partial charge in [0.25, 0.3) is 0 Å². The fourth-order valence-electron chi connectivity index (χ4n) is 1.83. The van der Waals surface area contributed by atoms with Crippen LogP contribution in [-0.4, -0.2) is 40.8 Å². The number of aliphatic hydroxyl groups excluding tert-OH is 1. The molecular weight excluding hydrogens is 254 g/mol. The molecule has 0 aliphatic rings. The summed E-state index contributed by atoms with van der Waals surface area (Å²) in [5.74, 6) is 0. The molecule has 6 nitrogen and oxygen atoms in total. The minimum atomic E-state index is 0.172. The number of anilines is 2. The van der Waals surface area contributed by atoms with Crippen LogP contribution in [0.3, 0.4) is 0 Å². The van der Waals surface area contributed by atoms with Crippen molar-refractivity contribution in [3.05, 3.63) is 36.2 Å². The summed E-state index contributed by atoms with van der Waals surface area (Å²) in [6, 6.07) is 8.23. The van der Waals surface area contributed by atoms with E-state index in [0.29, 0.717) is 19.5 Å². The summed E-state index contributed by atoms with van der Waals surface area (Å²) >= 11 is 0. The number of nitrogens with one attached hydrogen (secondary N) is 1. The molecule has 2 aromatic rings. The molecule has 108 valence electrons. The third kappa shape index (κ3) is 3.96. The number of hydrogen-bond acceptors (Lipinski definition) is 5. The van der Waals surface area contributed by atoms with E-state index in [1.807, 2.05) is 32.4 Å². The molecule has 0 amide bonds. The van der Waals surface area contributed by atoms with E-state index in [-0.39, 0.29) is 6.61 Å². The van der Waals surface area contributed by atoms with E-state index in [4.69, 9.17) is 5.11 Å². The van der Waals surface area contributed by atoms with Crippen LogP contribution in [0.2, 0.25) is 0 Å². The number of aromatic nitrogens is 3. The van der Waals surface area contributed by atoms with Gasteiger partial charge in [-0.05, 0) is 30.7 Å². The number of benzene rings is 1. The number of aryl methyl sites for hydroxylation is 1. The minimum Gasteiger partial charge on any atom is -0.396 e. The molecule has 2 rings (SSSR count). The van der Waals surface area contributed by atoms with Crippen molar-refractivity contribution in [3.8, 4) is 0 Å². The molecule has 0 saturated carbocycles. The zero-order valence-electron chi connectivity index (χ0n) is 12.0. The molecule has 0 radical (unpaired) electrons. The molecule has 0 bridgehead atoms. The second kappa shape index (κ2) is 6.91. The molecule has 0 fully saturated rings. The van der Waals surface area contributed by atoms with Crippen LogP contribution >= 0.6 is 0 Å². The van der Waals surface area contributed by atoms with Crippen LogP contribution in [0, 0.1) is 0 Å². The number of hydrogen-bond donors (Lipinski definition) is 2. The number of rotatable bonds is 7. The Morgan fingerprint density at radius 3 is 2.65 bits per heavy atom. The Labute approximate surface area is 119 Å². The molecule has 1 heterocycles. The molecule has 0 atom stereocenters. The van der Waals surface area contributed by atoms with Gasteiger partial charge in [0.2, 0.25) is 0 Å². The largest absolute Gasteiger partial charge is 0.396 e. The van der Waals surface area contributed by atoms with Crippen LogP contribution in [-0.2, 0) is 13.1 Å². The van der Waals surface area contributed by atoms with Crippen molar-refractivity contribution in [2.45, 2.75) is 19.5 Å². The van der Waals surface area contributed by atoms with Crippen LogP contribution in [0.25, 0.3) is 0 Å². The van der Waals surface area contributed by atoms with E-state index >= 15 is 0 Å². The van der Waals surface area contributed by atoms with Gasteiger partial charge in [-0.1, -0.05) is 5.21 Å². The predicted octanol–water partition coefficient (Wildman–Crippen LogP) is 1.34. The average molecular weight is 275 g/mol. The molecule has 0 unspecified atom stereocenters. The second-order valence-corrected chi connectivity index (χ2v) is 4.84. The lowest BCUT2D eigenvalue weighted by molar-refractivity contribution is 0.276. The van der Waals surface area contributed by atoms with Crippen LogP contribution < -0.4 is 10.2 Å². The summed E-state index contributed by atoms with van der Waals surface area (Å²) in [4.78, 5) is 2.07. The molecule has 1 aromatic carbocycles. The molecule has 2 N–H and O–H groups in total. The van der Waals surface area contributed by atoms with Crippen molar-refractivity contribution in [2.75, 3.05) is 30.9 Å². The molecule has 0 aliphatic carbocycles. The lowest BCUT2D eigenvalue weighted by atomic mass is 10.2. The van der Waals surface area contributed by atoms with E-state index in [1.165, 1.54) is 5.69 Å². The Bertz CT molecular complexity index is 521. The first-order chi connectivity index (χ1) is 9.69. The monoisotopic (exact) mass is 275 g/mol. The minimum absolute atomic E-state index is 0.172. The Kier molecular flexibility index (Phi) is 4.95. The lowest BCUT2D eigenvalue weighted by Gasteiger charge is -2.13. The third-order valence-corrected chi connectivity index (χ3v) is 2.99. The summed E-state index contributed by atoms with van der Waals surface area (Å²) < 4.78 is 1.75. The fourth-order valence-corrected chi connectivity index (χ4v) is 1.83. The SMILES string of the molecule is CN(C)c1ccc(NCc2cn(CCCO)nn2)cc1. The first-order valence-electron chi connectivity index (χ1n) is 6.70. The van der Waals surface area contributed by atoms with E-state index < -0.39 is 0 Å². The Morgan fingerprint density at radius 1 is 1.25 bits per heavy atom. The first-order valence-corrected chi connectivity index (χ1v) is 6.70. The Hall–Kier alpha value is -2.08. The van der Waals surface area contributed by atoms with Gasteiger partial charge in [0.1, 0.15) is 5.69 Å². The van der Waals surface area contributed by atoms with Gasteiger partial charge in [-0.15, -0.1) is 5.10 Å². The van der Waals surface area contributed by atoms with E-state index in [9.17, 15) is 0 Å². The van der Waals surface area contributed by atoms with Crippen molar-refractivity contribution >= 4 is 11.4 Å². The summed E-state index contributed by atoms with van der Waals surface area (Å²) in [5, 5.41) is 20.2. The summed E-state index contributed by atoms with van der Waals surface area (Å²) in [5.41, 5.74) is 3.12. The maximum Gasteiger partial charge on any atom is 0.102 e. The maximum atomic E-state index is 8.77. The Balaban J connectivity index is 1.86. The normalized spacial score (nSPS) is 10.6. The zero-order valence-corrected chi connectivity index (χ0v) is 12.0. The van der Waals surface area contributed by atoms with Crippen molar-refractivity contribution in [1.82, 2.24) is 15.0 Å². The fraction of sp³-hybridized carbons (Fsp3) is 0.429. The van der Waals surface area contributed by atoms with Crippen LogP contribution in [0.1, 0.15) is 12.1 Å². The summed E-state index contributed by atoms with van der Waals surface area (Å²) in [6.45, 7) is 1.51. The van der Waals surface area contributed by atoms with Crippen molar-refractivity contribution in [1.29, 1.82) is 0 Å². The van der Waals surface area contributed by atoms with Gasteiger partial charge in [-0.3, -0.25) is 4.68 Å². The quantitative estimate of drug-likeness (QED) is 0.798. The topological polar surface area (TPSA) is 66.2 Å². The van der Waals surface area contributed by atoms with Crippen molar-refractivity contribution in [2.24, 2.45) is 0 Å². The zero-order chi connectivity index (χ0) is 14.4. The first kappa shape index (κ1) is 14.3. The number of aliphatic hydroxyl groups is 1. The van der Waals surface area contributed by atoms with Gasteiger partial charge < -0.3 is 15.3 Å². The molecule has 6 heteroatoms. The van der Waals surface area contributed by atoms with E-state index in [2.05, 4.69) is 32.7 Å². The standard InChI is InChI=1S/C14H21N5O/c1-18(2)14-6-4-12(5-7-14)15-10-13-11-19(17-16-13)8-3-9-20/h4-7,11,15,20H,3,8-10H2,1-2H3. The highest BCUT2D eigenvalue weighted by atomic mass is 16.3. The predicted molar refractivity (Wildman–Crippen MR) is 79.8 cm³/mol. The molecule has 0 aliphatic heterocycles. The van der Waals surface area contributed by atoms with E-state index in [1.54, 1.807) is 4.68 Å². The smallest absolute Gasteiger partial charge is 0.102 e. The lowest BCUT2D eigenvalue weighted by Crippen LogP contribution is -2.08. The van der Waals surface area contributed by atoms with Crippen LogP contribution in [0.5, 0.6) is 0 Å². The summed E-state index contributed by atoms with van der Waals surface area (Å²) in [7, 11) is 4.04. The average Bonchev–Trinajstić information content (AvgIpc) is 2.91. The van der Waals surface area contributed by atoms with Gasteiger partial charge >= 0.3 is 0 Å².